The normalized spacial score (nSPS) is 19.5. The molecule has 0 saturated carbocycles. The number of amides is 1. The first-order valence-electron chi connectivity index (χ1n) is 4.50. The summed E-state index contributed by atoms with van der Waals surface area (Å²) in [4.78, 5) is 23.4. The summed E-state index contributed by atoms with van der Waals surface area (Å²) in [6.45, 7) is 0.148. The van der Waals surface area contributed by atoms with E-state index < -0.39 is 17.8 Å². The molecule has 84 valence electrons. The van der Waals surface area contributed by atoms with Gasteiger partial charge in [-0.15, -0.1) is 0 Å². The highest BCUT2D eigenvalue weighted by Gasteiger charge is 2.43. The van der Waals surface area contributed by atoms with Crippen molar-refractivity contribution in [2.45, 2.75) is 0 Å². The molecule has 2 rings (SSSR count). The third-order valence-corrected chi connectivity index (χ3v) is 2.97. The van der Waals surface area contributed by atoms with Gasteiger partial charge >= 0.3 is 5.97 Å². The number of rotatable bonds is 2. The Morgan fingerprint density at radius 3 is 2.62 bits per heavy atom. The molecule has 0 radical (unpaired) electrons. The second-order valence-corrected chi connectivity index (χ2v) is 4.28. The summed E-state index contributed by atoms with van der Waals surface area (Å²) in [7, 11) is 0. The molecule has 0 aliphatic carbocycles. The van der Waals surface area contributed by atoms with Crippen LogP contribution in [-0.2, 0) is 9.59 Å². The molecule has 1 unspecified atom stereocenters. The van der Waals surface area contributed by atoms with Crippen LogP contribution in [0.15, 0.2) is 18.2 Å². The second-order valence-electron chi connectivity index (χ2n) is 3.44. The Bertz CT molecular complexity index is 475. The zero-order chi connectivity index (χ0) is 11.9. The molecule has 1 saturated heterocycles. The van der Waals surface area contributed by atoms with E-state index in [0.717, 1.165) is 0 Å². The van der Waals surface area contributed by atoms with Gasteiger partial charge < -0.3 is 10.0 Å². The number of carbonyl (C=O) groups is 2. The van der Waals surface area contributed by atoms with E-state index in [9.17, 15) is 9.59 Å². The predicted octanol–water partition coefficient (Wildman–Crippen LogP) is 2.04. The summed E-state index contributed by atoms with van der Waals surface area (Å²) in [6, 6.07) is 4.71. The third-order valence-electron chi connectivity index (χ3n) is 2.43. The van der Waals surface area contributed by atoms with Crippen LogP contribution < -0.4 is 4.90 Å². The van der Waals surface area contributed by atoms with Crippen LogP contribution in [0.5, 0.6) is 0 Å². The Hall–Kier alpha value is -1.26. The van der Waals surface area contributed by atoms with Gasteiger partial charge in [-0.2, -0.15) is 0 Å². The number of β-lactam (4-membered cyclic amide) rings is 1. The van der Waals surface area contributed by atoms with Crippen molar-refractivity contribution in [1.82, 2.24) is 0 Å². The van der Waals surface area contributed by atoms with E-state index in [-0.39, 0.29) is 6.54 Å². The number of anilines is 1. The average Bonchev–Trinajstić information content (AvgIpc) is 2.18. The van der Waals surface area contributed by atoms with E-state index in [2.05, 4.69) is 0 Å². The molecule has 16 heavy (non-hydrogen) atoms. The van der Waals surface area contributed by atoms with Gasteiger partial charge in [0.15, 0.2) is 5.92 Å². The van der Waals surface area contributed by atoms with Gasteiger partial charge in [0.2, 0.25) is 5.91 Å². The van der Waals surface area contributed by atoms with Crippen LogP contribution in [0.4, 0.5) is 5.69 Å². The Morgan fingerprint density at radius 2 is 2.12 bits per heavy atom. The van der Waals surface area contributed by atoms with E-state index in [1.165, 1.54) is 11.0 Å². The maximum atomic E-state index is 11.5. The van der Waals surface area contributed by atoms with E-state index in [1.807, 2.05) is 0 Å². The lowest BCUT2D eigenvalue weighted by molar-refractivity contribution is -0.149. The number of carbonyl (C=O) groups excluding carboxylic acids is 1. The summed E-state index contributed by atoms with van der Waals surface area (Å²) < 4.78 is 0. The predicted molar refractivity (Wildman–Crippen MR) is 59.9 cm³/mol. The molecule has 6 heteroatoms. The average molecular weight is 260 g/mol. The van der Waals surface area contributed by atoms with Crippen molar-refractivity contribution in [3.05, 3.63) is 28.2 Å². The van der Waals surface area contributed by atoms with E-state index in [1.54, 1.807) is 12.1 Å². The molecule has 1 aliphatic rings. The molecule has 0 spiro atoms. The summed E-state index contributed by atoms with van der Waals surface area (Å²) in [5.41, 5.74) is 0.494. The first kappa shape index (κ1) is 11.2. The van der Waals surface area contributed by atoms with Gasteiger partial charge in [-0.3, -0.25) is 9.59 Å². The van der Waals surface area contributed by atoms with Gasteiger partial charge in [0.05, 0.1) is 10.7 Å². The molecule has 0 bridgehead atoms. The Labute approximate surface area is 101 Å². The zero-order valence-electron chi connectivity index (χ0n) is 7.98. The molecular weight excluding hydrogens is 253 g/mol. The van der Waals surface area contributed by atoms with Crippen molar-refractivity contribution < 1.29 is 14.7 Å². The number of carboxylic acids is 1. The van der Waals surface area contributed by atoms with Crippen molar-refractivity contribution in [3.63, 3.8) is 0 Å². The maximum Gasteiger partial charge on any atom is 0.317 e. The molecule has 1 aliphatic heterocycles. The van der Waals surface area contributed by atoms with Crippen molar-refractivity contribution in [2.24, 2.45) is 5.92 Å². The minimum Gasteiger partial charge on any atom is -0.481 e. The molecule has 1 amide bonds. The largest absolute Gasteiger partial charge is 0.481 e. The van der Waals surface area contributed by atoms with Crippen molar-refractivity contribution >= 4 is 40.8 Å². The zero-order valence-corrected chi connectivity index (χ0v) is 9.50. The fraction of sp³-hybridized carbons (Fsp3) is 0.200. The van der Waals surface area contributed by atoms with Crippen LogP contribution in [-0.4, -0.2) is 23.5 Å². The number of carboxylic acid groups (broad SMARTS) is 1. The number of aliphatic carboxylic acids is 1. The quantitative estimate of drug-likeness (QED) is 0.653. The molecular formula is C10H7Cl2NO3. The fourth-order valence-corrected chi connectivity index (χ4v) is 2.04. The SMILES string of the molecule is O=C(O)C1CN(c2ccc(Cl)cc2Cl)C1=O. The van der Waals surface area contributed by atoms with Gasteiger partial charge in [-0.05, 0) is 18.2 Å². The lowest BCUT2D eigenvalue weighted by Crippen LogP contribution is -2.56. The monoisotopic (exact) mass is 259 g/mol. The highest BCUT2D eigenvalue weighted by Crippen LogP contribution is 2.34. The summed E-state index contributed by atoms with van der Waals surface area (Å²) >= 11 is 11.6. The van der Waals surface area contributed by atoms with E-state index >= 15 is 0 Å². The molecule has 1 N–H and O–H groups in total. The molecule has 1 aromatic rings. The topological polar surface area (TPSA) is 57.6 Å². The summed E-state index contributed by atoms with van der Waals surface area (Å²) in [5.74, 6) is -2.50. The smallest absolute Gasteiger partial charge is 0.317 e. The van der Waals surface area contributed by atoms with E-state index in [0.29, 0.717) is 15.7 Å². The highest BCUT2D eigenvalue weighted by atomic mass is 35.5. The highest BCUT2D eigenvalue weighted by molar-refractivity contribution is 6.37. The third kappa shape index (κ3) is 1.74. The number of hydrogen-bond acceptors (Lipinski definition) is 2. The number of nitrogens with zero attached hydrogens (tertiary/aromatic N) is 1. The van der Waals surface area contributed by atoms with Gasteiger partial charge in [-0.1, -0.05) is 23.2 Å². The summed E-state index contributed by atoms with van der Waals surface area (Å²) in [6.07, 6.45) is 0. The van der Waals surface area contributed by atoms with Crippen LogP contribution in [0.25, 0.3) is 0 Å². The minimum atomic E-state index is -1.11. The number of hydrogen-bond donors (Lipinski definition) is 1. The van der Waals surface area contributed by atoms with Gasteiger partial charge in [0, 0.05) is 11.6 Å². The Morgan fingerprint density at radius 1 is 1.44 bits per heavy atom. The van der Waals surface area contributed by atoms with E-state index in [4.69, 9.17) is 28.3 Å². The second kappa shape index (κ2) is 3.96. The van der Waals surface area contributed by atoms with Crippen LogP contribution in [0.2, 0.25) is 10.0 Å². The van der Waals surface area contributed by atoms with Crippen LogP contribution >= 0.6 is 23.2 Å². The van der Waals surface area contributed by atoms with Crippen LogP contribution in [0.3, 0.4) is 0 Å². The van der Waals surface area contributed by atoms with Crippen LogP contribution in [0, 0.1) is 5.92 Å². The van der Waals surface area contributed by atoms with Gasteiger partial charge in [0.25, 0.3) is 0 Å². The van der Waals surface area contributed by atoms with Crippen LogP contribution in [0.1, 0.15) is 0 Å². The lowest BCUT2D eigenvalue weighted by atomic mass is 9.98. The van der Waals surface area contributed by atoms with Crippen molar-refractivity contribution in [2.75, 3.05) is 11.4 Å². The van der Waals surface area contributed by atoms with Gasteiger partial charge in [0.1, 0.15) is 0 Å². The maximum absolute atomic E-state index is 11.5. The number of halogens is 2. The first-order valence-corrected chi connectivity index (χ1v) is 5.25. The summed E-state index contributed by atoms with van der Waals surface area (Å²) in [5, 5.41) is 9.49. The van der Waals surface area contributed by atoms with Gasteiger partial charge in [-0.25, -0.2) is 0 Å². The molecule has 4 nitrogen and oxygen atoms in total. The Balaban J connectivity index is 2.22. The first-order chi connectivity index (χ1) is 7.50. The molecule has 1 atom stereocenters. The lowest BCUT2D eigenvalue weighted by Gasteiger charge is -2.36. The molecule has 1 heterocycles. The molecule has 0 aromatic heterocycles. The standard InChI is InChI=1S/C10H7Cl2NO3/c11-5-1-2-8(7(12)3-5)13-4-6(9(13)14)10(15)16/h1-3,6H,4H2,(H,15,16). The number of benzene rings is 1. The van der Waals surface area contributed by atoms with Crippen molar-refractivity contribution in [3.8, 4) is 0 Å². The fourth-order valence-electron chi connectivity index (χ4n) is 1.53. The minimum absolute atomic E-state index is 0.148. The van der Waals surface area contributed by atoms with Crippen molar-refractivity contribution in [1.29, 1.82) is 0 Å². The molecule has 1 fully saturated rings. The Kier molecular flexibility index (Phi) is 2.78. The molecule has 1 aromatic carbocycles.